The van der Waals surface area contributed by atoms with Gasteiger partial charge in [0.1, 0.15) is 12.6 Å². The van der Waals surface area contributed by atoms with Crippen molar-refractivity contribution in [2.24, 2.45) is 0 Å². The maximum absolute atomic E-state index is 14.4. The number of nitrogens with one attached hydrogen (secondary N) is 1. The third-order valence-electron chi connectivity index (χ3n) is 7.18. The van der Waals surface area contributed by atoms with Crippen molar-refractivity contribution < 1.29 is 18.0 Å². The van der Waals surface area contributed by atoms with Crippen LogP contribution in [0.1, 0.15) is 36.1 Å². The van der Waals surface area contributed by atoms with Gasteiger partial charge in [-0.3, -0.25) is 13.9 Å². The fraction of sp³-hybridized carbons (Fsp3) is 0.257. The highest BCUT2D eigenvalue weighted by atomic mass is 35.5. The van der Waals surface area contributed by atoms with Gasteiger partial charge < -0.3 is 10.2 Å². The second-order valence-corrected chi connectivity index (χ2v) is 13.5. The Morgan fingerprint density at radius 3 is 1.91 bits per heavy atom. The van der Waals surface area contributed by atoms with Crippen molar-refractivity contribution in [2.45, 2.75) is 57.6 Å². The number of hydrogen-bond acceptors (Lipinski definition) is 4. The predicted molar refractivity (Wildman–Crippen MR) is 176 cm³/mol. The van der Waals surface area contributed by atoms with Crippen LogP contribution in [0.5, 0.6) is 0 Å². The molecule has 1 N–H and O–H groups in total. The largest absolute Gasteiger partial charge is 0.352 e. The summed E-state index contributed by atoms with van der Waals surface area (Å²) in [6, 6.07) is 28.9. The highest BCUT2D eigenvalue weighted by Crippen LogP contribution is 2.26. The zero-order valence-corrected chi connectivity index (χ0v) is 27.0. The van der Waals surface area contributed by atoms with E-state index in [1.54, 1.807) is 60.7 Å². The number of carbonyl (C=O) groups excluding carboxylic acids is 2. The van der Waals surface area contributed by atoms with E-state index in [0.29, 0.717) is 10.7 Å². The van der Waals surface area contributed by atoms with Crippen LogP contribution in [0.25, 0.3) is 0 Å². The first kappa shape index (κ1) is 32.8. The number of hydrogen-bond donors (Lipinski definition) is 1. The minimum atomic E-state index is -4.15. The van der Waals surface area contributed by atoms with E-state index in [1.165, 1.54) is 17.0 Å². The molecule has 4 rings (SSSR count). The second kappa shape index (κ2) is 14.6. The van der Waals surface area contributed by atoms with Crippen molar-refractivity contribution in [1.82, 2.24) is 10.2 Å². The Bertz CT molecular complexity index is 1660. The minimum absolute atomic E-state index is 0.0686. The Labute approximate surface area is 265 Å². The summed E-state index contributed by atoms with van der Waals surface area (Å²) in [4.78, 5) is 29.7. The van der Waals surface area contributed by atoms with Gasteiger partial charge >= 0.3 is 0 Å². The molecule has 0 aliphatic carbocycles. The molecule has 7 nitrogen and oxygen atoms in total. The summed E-state index contributed by atoms with van der Waals surface area (Å²) in [5, 5.41) is 3.50. The summed E-state index contributed by atoms with van der Waals surface area (Å²) in [5.41, 5.74) is 3.83. The van der Waals surface area contributed by atoms with E-state index < -0.39 is 28.5 Å². The summed E-state index contributed by atoms with van der Waals surface area (Å²) in [5.74, 6) is -0.842. The molecule has 0 saturated carbocycles. The lowest BCUT2D eigenvalue weighted by molar-refractivity contribution is -0.140. The predicted octanol–water partition coefficient (Wildman–Crippen LogP) is 6.32. The Hall–Kier alpha value is -4.14. The van der Waals surface area contributed by atoms with Crippen LogP contribution in [0, 0.1) is 13.8 Å². The summed E-state index contributed by atoms with van der Waals surface area (Å²) in [7, 11) is -4.15. The molecule has 0 heterocycles. The zero-order valence-electron chi connectivity index (χ0n) is 25.4. The van der Waals surface area contributed by atoms with Crippen LogP contribution in [0.2, 0.25) is 5.02 Å². The lowest BCUT2D eigenvalue weighted by Crippen LogP contribution is -2.54. The molecule has 0 aliphatic heterocycles. The van der Waals surface area contributed by atoms with Gasteiger partial charge in [-0.05, 0) is 75.2 Å². The SMILES string of the molecule is Cc1ccc(N(CC(=O)N(Cc2ccc(Cl)cc2)C(Cc2ccccc2)C(=O)NC(C)C)S(=O)(=O)c2ccc(C)cc2)cc1. The fourth-order valence-electron chi connectivity index (χ4n) is 4.80. The quantitative estimate of drug-likeness (QED) is 0.198. The van der Waals surface area contributed by atoms with E-state index in [0.717, 1.165) is 26.6 Å². The topological polar surface area (TPSA) is 86.8 Å². The van der Waals surface area contributed by atoms with Gasteiger partial charge in [0, 0.05) is 24.0 Å². The summed E-state index contributed by atoms with van der Waals surface area (Å²) < 4.78 is 29.3. The number of rotatable bonds is 12. The van der Waals surface area contributed by atoms with Crippen LogP contribution in [-0.2, 0) is 32.6 Å². The van der Waals surface area contributed by atoms with Gasteiger partial charge in [0.15, 0.2) is 0 Å². The number of aryl methyl sites for hydroxylation is 2. The third-order valence-corrected chi connectivity index (χ3v) is 9.22. The number of benzene rings is 4. The lowest BCUT2D eigenvalue weighted by Gasteiger charge is -2.34. The molecule has 0 spiro atoms. The Morgan fingerprint density at radius 1 is 0.773 bits per heavy atom. The molecule has 1 atom stereocenters. The molecule has 0 saturated heterocycles. The smallest absolute Gasteiger partial charge is 0.264 e. The monoisotopic (exact) mass is 631 g/mol. The van der Waals surface area contributed by atoms with Gasteiger partial charge in [-0.25, -0.2) is 8.42 Å². The first-order valence-corrected chi connectivity index (χ1v) is 16.3. The third kappa shape index (κ3) is 8.49. The fourth-order valence-corrected chi connectivity index (χ4v) is 6.34. The van der Waals surface area contributed by atoms with Crippen molar-refractivity contribution in [3.05, 3.63) is 130 Å². The molecule has 0 fully saturated rings. The summed E-state index contributed by atoms with van der Waals surface area (Å²) in [6.07, 6.45) is 0.244. The van der Waals surface area contributed by atoms with E-state index in [4.69, 9.17) is 11.6 Å². The molecule has 44 heavy (non-hydrogen) atoms. The molecular weight excluding hydrogens is 594 g/mol. The van der Waals surface area contributed by atoms with Crippen molar-refractivity contribution in [3.8, 4) is 0 Å². The van der Waals surface area contributed by atoms with E-state index in [-0.39, 0.29) is 29.8 Å². The normalized spacial score (nSPS) is 12.0. The minimum Gasteiger partial charge on any atom is -0.352 e. The molecule has 0 aliphatic rings. The number of amides is 2. The van der Waals surface area contributed by atoms with Gasteiger partial charge in [-0.2, -0.15) is 0 Å². The van der Waals surface area contributed by atoms with Crippen LogP contribution in [0.4, 0.5) is 5.69 Å². The molecule has 4 aromatic carbocycles. The van der Waals surface area contributed by atoms with Crippen LogP contribution >= 0.6 is 11.6 Å². The highest BCUT2D eigenvalue weighted by Gasteiger charge is 2.34. The van der Waals surface area contributed by atoms with Gasteiger partial charge in [0.05, 0.1) is 10.6 Å². The molecule has 4 aromatic rings. The van der Waals surface area contributed by atoms with E-state index in [9.17, 15) is 18.0 Å². The molecular formula is C35H38ClN3O4S. The summed E-state index contributed by atoms with van der Waals surface area (Å²) >= 11 is 6.14. The average Bonchev–Trinajstić information content (AvgIpc) is 2.99. The van der Waals surface area contributed by atoms with Gasteiger partial charge in [0.25, 0.3) is 10.0 Å². The van der Waals surface area contributed by atoms with Crippen molar-refractivity contribution >= 4 is 39.1 Å². The van der Waals surface area contributed by atoms with Crippen molar-refractivity contribution in [1.29, 1.82) is 0 Å². The highest BCUT2D eigenvalue weighted by molar-refractivity contribution is 7.92. The second-order valence-electron chi connectivity index (χ2n) is 11.2. The molecule has 0 bridgehead atoms. The van der Waals surface area contributed by atoms with Crippen molar-refractivity contribution in [2.75, 3.05) is 10.8 Å². The zero-order chi connectivity index (χ0) is 31.9. The van der Waals surface area contributed by atoms with Gasteiger partial charge in [-0.1, -0.05) is 89.5 Å². The molecule has 1 unspecified atom stereocenters. The van der Waals surface area contributed by atoms with E-state index in [1.807, 2.05) is 58.0 Å². The maximum atomic E-state index is 14.4. The number of nitrogens with zero attached hydrogens (tertiary/aromatic N) is 2. The first-order chi connectivity index (χ1) is 20.9. The number of halogens is 1. The van der Waals surface area contributed by atoms with Crippen LogP contribution in [-0.4, -0.2) is 43.8 Å². The number of carbonyl (C=O) groups is 2. The molecule has 0 radical (unpaired) electrons. The van der Waals surface area contributed by atoms with Crippen molar-refractivity contribution in [3.63, 3.8) is 0 Å². The Balaban J connectivity index is 1.79. The van der Waals surface area contributed by atoms with E-state index in [2.05, 4.69) is 5.32 Å². The standard InChI is InChI=1S/C35H38ClN3O4S/c1-25(2)37-35(41)33(22-28-8-6-5-7-9-28)38(23-29-14-16-30(36)17-15-29)34(40)24-39(31-18-10-26(3)11-19-31)44(42,43)32-20-12-27(4)13-21-32/h5-21,25,33H,22-24H2,1-4H3,(H,37,41). The average molecular weight is 632 g/mol. The maximum Gasteiger partial charge on any atom is 0.264 e. The van der Waals surface area contributed by atoms with E-state index >= 15 is 0 Å². The van der Waals surface area contributed by atoms with Crippen LogP contribution < -0.4 is 9.62 Å². The molecule has 9 heteroatoms. The molecule has 230 valence electrons. The van der Waals surface area contributed by atoms with Crippen LogP contribution in [0.15, 0.2) is 108 Å². The molecule has 2 amide bonds. The Morgan fingerprint density at radius 2 is 1.34 bits per heavy atom. The Kier molecular flexibility index (Phi) is 10.8. The van der Waals surface area contributed by atoms with Gasteiger partial charge in [0.2, 0.25) is 11.8 Å². The number of anilines is 1. The summed E-state index contributed by atoms with van der Waals surface area (Å²) in [6.45, 7) is 7.06. The lowest BCUT2D eigenvalue weighted by atomic mass is 10.0. The van der Waals surface area contributed by atoms with Crippen LogP contribution in [0.3, 0.4) is 0 Å². The number of sulfonamides is 1. The first-order valence-electron chi connectivity index (χ1n) is 14.5. The van der Waals surface area contributed by atoms with Gasteiger partial charge in [-0.15, -0.1) is 0 Å². The molecule has 0 aromatic heterocycles.